The van der Waals surface area contributed by atoms with Crippen molar-refractivity contribution in [3.8, 4) is 5.75 Å². The number of ether oxygens (including phenoxy) is 1. The smallest absolute Gasteiger partial charge is 0.321 e. The molecule has 2 rings (SSSR count). The number of rotatable bonds is 4. The van der Waals surface area contributed by atoms with Gasteiger partial charge in [-0.25, -0.2) is 4.79 Å². The maximum Gasteiger partial charge on any atom is 0.321 e. The number of nitrogens with one attached hydrogen (secondary N) is 2. The van der Waals surface area contributed by atoms with Gasteiger partial charge < -0.3 is 15.4 Å². The van der Waals surface area contributed by atoms with Crippen molar-refractivity contribution in [2.75, 3.05) is 12.0 Å². The Labute approximate surface area is 118 Å². The molecule has 0 aromatic heterocycles. The third kappa shape index (κ3) is 3.75. The normalized spacial score (nSPS) is 9.90. The van der Waals surface area contributed by atoms with Crippen LogP contribution in [-0.2, 0) is 0 Å². The minimum Gasteiger partial charge on any atom is -0.473 e. The van der Waals surface area contributed by atoms with Gasteiger partial charge in [0, 0.05) is 5.69 Å². The van der Waals surface area contributed by atoms with Crippen LogP contribution in [0.3, 0.4) is 0 Å². The fourth-order valence-electron chi connectivity index (χ4n) is 1.76. The number of carbonyl (C=O) groups is 1. The van der Waals surface area contributed by atoms with Crippen LogP contribution in [0.25, 0.3) is 0 Å². The van der Waals surface area contributed by atoms with Gasteiger partial charge in [-0.2, -0.15) is 0 Å². The molecule has 2 amide bonds. The fourth-order valence-corrected chi connectivity index (χ4v) is 1.76. The Kier molecular flexibility index (Phi) is 4.60. The zero-order valence-corrected chi connectivity index (χ0v) is 11.6. The summed E-state index contributed by atoms with van der Waals surface area (Å²) in [6.07, 6.45) is 0. The van der Waals surface area contributed by atoms with Crippen LogP contribution in [0.5, 0.6) is 5.75 Å². The van der Waals surface area contributed by atoms with Crippen molar-refractivity contribution in [2.45, 2.75) is 13.8 Å². The fraction of sp³-hybridized carbons (Fsp3) is 0.188. The Bertz CT molecular complexity index is 582. The molecule has 0 aliphatic rings. The van der Waals surface area contributed by atoms with Gasteiger partial charge in [0.2, 0.25) is 0 Å². The molecule has 4 nitrogen and oxygen atoms in total. The third-order valence-corrected chi connectivity index (χ3v) is 3.05. The summed E-state index contributed by atoms with van der Waals surface area (Å²) >= 11 is 0. The second kappa shape index (κ2) is 6.61. The maximum absolute atomic E-state index is 11.7. The first-order valence-electron chi connectivity index (χ1n) is 6.46. The van der Waals surface area contributed by atoms with Gasteiger partial charge in [0.05, 0.1) is 0 Å². The lowest BCUT2D eigenvalue weighted by molar-refractivity contribution is 0.234. The molecular formula is C16H18N2O2. The highest BCUT2D eigenvalue weighted by molar-refractivity contribution is 5.89. The molecule has 0 bridgehead atoms. The van der Waals surface area contributed by atoms with Gasteiger partial charge in [0.1, 0.15) is 5.75 Å². The largest absolute Gasteiger partial charge is 0.473 e. The molecular weight excluding hydrogens is 252 g/mol. The zero-order chi connectivity index (χ0) is 14.4. The minimum absolute atomic E-state index is 0.128. The lowest BCUT2D eigenvalue weighted by atomic mass is 10.1. The van der Waals surface area contributed by atoms with E-state index < -0.39 is 0 Å². The Morgan fingerprint density at radius 2 is 1.80 bits per heavy atom. The van der Waals surface area contributed by atoms with E-state index in [0.717, 1.165) is 22.6 Å². The van der Waals surface area contributed by atoms with E-state index in [9.17, 15) is 4.79 Å². The van der Waals surface area contributed by atoms with Gasteiger partial charge in [-0.05, 0) is 43.2 Å². The number of para-hydroxylation sites is 1. The van der Waals surface area contributed by atoms with Gasteiger partial charge in [-0.3, -0.25) is 0 Å². The molecule has 104 valence electrons. The number of hydrogen-bond acceptors (Lipinski definition) is 2. The summed E-state index contributed by atoms with van der Waals surface area (Å²) in [5, 5.41) is 5.38. The second-order valence-electron chi connectivity index (χ2n) is 4.48. The van der Waals surface area contributed by atoms with Crippen molar-refractivity contribution in [1.29, 1.82) is 0 Å². The first-order valence-corrected chi connectivity index (χ1v) is 6.46. The van der Waals surface area contributed by atoms with E-state index in [1.54, 1.807) is 0 Å². The zero-order valence-electron chi connectivity index (χ0n) is 11.6. The Morgan fingerprint density at radius 3 is 2.55 bits per heavy atom. The molecule has 0 fully saturated rings. The van der Waals surface area contributed by atoms with Crippen LogP contribution in [0.4, 0.5) is 10.5 Å². The average Bonchev–Trinajstić information content (AvgIpc) is 2.44. The summed E-state index contributed by atoms with van der Waals surface area (Å²) in [6, 6.07) is 14.8. The molecule has 2 aromatic rings. The van der Waals surface area contributed by atoms with E-state index in [4.69, 9.17) is 4.74 Å². The molecule has 4 heteroatoms. The molecule has 0 spiro atoms. The van der Waals surface area contributed by atoms with E-state index in [1.165, 1.54) is 0 Å². The number of hydrogen-bond donors (Lipinski definition) is 2. The van der Waals surface area contributed by atoms with E-state index in [2.05, 4.69) is 10.6 Å². The summed E-state index contributed by atoms with van der Waals surface area (Å²) in [5.74, 6) is 0.782. The molecule has 0 saturated heterocycles. The number of urea groups is 1. The van der Waals surface area contributed by atoms with Gasteiger partial charge in [0.25, 0.3) is 0 Å². The van der Waals surface area contributed by atoms with Crippen LogP contribution in [0, 0.1) is 13.8 Å². The van der Waals surface area contributed by atoms with Crippen molar-refractivity contribution in [3.05, 3.63) is 59.7 Å². The van der Waals surface area contributed by atoms with E-state index >= 15 is 0 Å². The van der Waals surface area contributed by atoms with Crippen molar-refractivity contribution >= 4 is 11.7 Å². The molecule has 0 unspecified atom stereocenters. The van der Waals surface area contributed by atoms with Crippen molar-refractivity contribution in [3.63, 3.8) is 0 Å². The minimum atomic E-state index is -0.290. The molecule has 0 atom stereocenters. The lowest BCUT2D eigenvalue weighted by Gasteiger charge is -2.12. The predicted octanol–water partition coefficient (Wildman–Crippen LogP) is 3.46. The summed E-state index contributed by atoms with van der Waals surface area (Å²) in [6.45, 7) is 4.15. The highest BCUT2D eigenvalue weighted by atomic mass is 16.5. The highest BCUT2D eigenvalue weighted by Crippen LogP contribution is 2.19. The van der Waals surface area contributed by atoms with Gasteiger partial charge in [0.15, 0.2) is 6.73 Å². The predicted molar refractivity (Wildman–Crippen MR) is 80.0 cm³/mol. The lowest BCUT2D eigenvalue weighted by Crippen LogP contribution is -2.32. The first-order chi connectivity index (χ1) is 9.66. The van der Waals surface area contributed by atoms with Crippen molar-refractivity contribution < 1.29 is 9.53 Å². The Balaban J connectivity index is 1.81. The SMILES string of the molecule is Cc1cccc(OCNC(=O)Nc2ccccc2)c1C. The average molecular weight is 270 g/mol. The Morgan fingerprint density at radius 1 is 1.05 bits per heavy atom. The van der Waals surface area contributed by atoms with Crippen molar-refractivity contribution in [2.24, 2.45) is 0 Å². The van der Waals surface area contributed by atoms with E-state index in [1.807, 2.05) is 62.4 Å². The summed E-state index contributed by atoms with van der Waals surface area (Å²) < 4.78 is 5.55. The summed E-state index contributed by atoms with van der Waals surface area (Å²) in [4.78, 5) is 11.7. The quantitative estimate of drug-likeness (QED) is 0.836. The van der Waals surface area contributed by atoms with Crippen LogP contribution >= 0.6 is 0 Å². The van der Waals surface area contributed by atoms with Gasteiger partial charge in [-0.15, -0.1) is 0 Å². The number of amides is 2. The molecule has 20 heavy (non-hydrogen) atoms. The third-order valence-electron chi connectivity index (χ3n) is 3.05. The number of aryl methyl sites for hydroxylation is 1. The molecule has 0 aliphatic heterocycles. The molecule has 2 aromatic carbocycles. The standard InChI is InChI=1S/C16H18N2O2/c1-12-7-6-10-15(13(12)2)20-11-17-16(19)18-14-8-4-3-5-9-14/h3-10H,11H2,1-2H3,(H2,17,18,19). The highest BCUT2D eigenvalue weighted by Gasteiger charge is 2.03. The molecule has 0 saturated carbocycles. The van der Waals surface area contributed by atoms with E-state index in [-0.39, 0.29) is 12.8 Å². The van der Waals surface area contributed by atoms with Crippen molar-refractivity contribution in [1.82, 2.24) is 5.32 Å². The summed E-state index contributed by atoms with van der Waals surface area (Å²) in [7, 11) is 0. The van der Waals surface area contributed by atoms with E-state index in [0.29, 0.717) is 0 Å². The Hall–Kier alpha value is -2.49. The molecule has 0 aliphatic carbocycles. The maximum atomic E-state index is 11.7. The second-order valence-corrected chi connectivity index (χ2v) is 4.48. The molecule has 2 N–H and O–H groups in total. The molecule has 0 heterocycles. The summed E-state index contributed by atoms with van der Waals surface area (Å²) in [5.41, 5.74) is 2.99. The van der Waals surface area contributed by atoms with Gasteiger partial charge >= 0.3 is 6.03 Å². The van der Waals surface area contributed by atoms with Crippen LogP contribution in [0.15, 0.2) is 48.5 Å². The van der Waals surface area contributed by atoms with Crippen LogP contribution < -0.4 is 15.4 Å². The number of carbonyl (C=O) groups excluding carboxylic acids is 1. The van der Waals surface area contributed by atoms with Crippen LogP contribution in [-0.4, -0.2) is 12.8 Å². The first kappa shape index (κ1) is 13.9. The number of anilines is 1. The van der Waals surface area contributed by atoms with Crippen LogP contribution in [0.1, 0.15) is 11.1 Å². The topological polar surface area (TPSA) is 50.4 Å². The van der Waals surface area contributed by atoms with Gasteiger partial charge in [-0.1, -0.05) is 30.3 Å². The monoisotopic (exact) mass is 270 g/mol. The van der Waals surface area contributed by atoms with Crippen LogP contribution in [0.2, 0.25) is 0 Å². The molecule has 0 radical (unpaired) electrons. The number of benzene rings is 2.